The lowest BCUT2D eigenvalue weighted by Crippen LogP contribution is -2.28. The molecule has 3 rings (SSSR count). The van der Waals surface area contributed by atoms with Crippen LogP contribution in [-0.4, -0.2) is 28.0 Å². The Hall–Kier alpha value is -1.53. The molecule has 1 unspecified atom stereocenters. The number of piperidine rings is 1. The Balaban J connectivity index is 1.75. The topological polar surface area (TPSA) is 62.7 Å². The lowest BCUT2D eigenvalue weighted by molar-refractivity contribution is 0.454. The third kappa shape index (κ3) is 3.08. The summed E-state index contributed by atoms with van der Waals surface area (Å²) in [7, 11) is 0. The van der Waals surface area contributed by atoms with E-state index < -0.39 is 0 Å². The van der Waals surface area contributed by atoms with Crippen molar-refractivity contribution in [3.8, 4) is 0 Å². The van der Waals surface area contributed by atoms with E-state index in [2.05, 4.69) is 25.6 Å². The first-order chi connectivity index (χ1) is 9.31. The van der Waals surface area contributed by atoms with Crippen molar-refractivity contribution in [1.29, 1.82) is 0 Å². The van der Waals surface area contributed by atoms with Gasteiger partial charge in [0.15, 0.2) is 5.13 Å². The molecule has 0 radical (unpaired) electrons. The van der Waals surface area contributed by atoms with Gasteiger partial charge < -0.3 is 10.6 Å². The summed E-state index contributed by atoms with van der Waals surface area (Å²) in [4.78, 5) is 14.3. The van der Waals surface area contributed by atoms with Crippen molar-refractivity contribution in [1.82, 2.24) is 20.3 Å². The van der Waals surface area contributed by atoms with Gasteiger partial charge in [-0.2, -0.15) is 0 Å². The van der Waals surface area contributed by atoms with Crippen molar-refractivity contribution in [2.75, 3.05) is 18.4 Å². The van der Waals surface area contributed by atoms with Crippen molar-refractivity contribution < 1.29 is 0 Å². The minimum atomic E-state index is 0.496. The quantitative estimate of drug-likeness (QED) is 0.901. The van der Waals surface area contributed by atoms with Crippen LogP contribution in [0.1, 0.15) is 29.3 Å². The van der Waals surface area contributed by atoms with Crippen molar-refractivity contribution >= 4 is 22.4 Å². The van der Waals surface area contributed by atoms with Crippen LogP contribution < -0.4 is 10.6 Å². The van der Waals surface area contributed by atoms with Gasteiger partial charge in [-0.1, -0.05) is 0 Å². The highest BCUT2D eigenvalue weighted by atomic mass is 32.1. The van der Waals surface area contributed by atoms with Crippen molar-refractivity contribution in [3.05, 3.63) is 29.0 Å². The molecule has 0 aromatic carbocycles. The Kier molecular flexibility index (Phi) is 3.70. The Morgan fingerprint density at radius 1 is 1.42 bits per heavy atom. The molecule has 3 heterocycles. The van der Waals surface area contributed by atoms with Gasteiger partial charge in [0.05, 0.1) is 5.69 Å². The van der Waals surface area contributed by atoms with E-state index >= 15 is 0 Å². The summed E-state index contributed by atoms with van der Waals surface area (Å²) >= 11 is 1.61. The molecule has 6 heteroatoms. The lowest BCUT2D eigenvalue weighted by Gasteiger charge is -2.22. The van der Waals surface area contributed by atoms with Gasteiger partial charge in [0.25, 0.3) is 0 Å². The molecule has 2 aromatic rings. The molecule has 0 amide bonds. The summed E-state index contributed by atoms with van der Waals surface area (Å²) in [5.74, 6) is 1.13. The van der Waals surface area contributed by atoms with Crippen molar-refractivity contribution in [2.45, 2.75) is 25.7 Å². The summed E-state index contributed by atoms with van der Waals surface area (Å²) in [5, 5.41) is 7.43. The predicted octanol–water partition coefficient (Wildman–Crippen LogP) is 2.45. The first-order valence-electron chi connectivity index (χ1n) is 6.54. The summed E-state index contributed by atoms with van der Waals surface area (Å²) in [6.07, 6.45) is 6.07. The Bertz CT molecular complexity index is 547. The molecule has 0 aliphatic carbocycles. The third-order valence-corrected chi connectivity index (χ3v) is 4.06. The Labute approximate surface area is 116 Å². The Morgan fingerprint density at radius 2 is 2.37 bits per heavy atom. The SMILES string of the molecule is Cc1cnc(Nc2nccc(C3CCCNC3)n2)s1. The largest absolute Gasteiger partial charge is 0.316 e. The van der Waals surface area contributed by atoms with Crippen LogP contribution in [0.5, 0.6) is 0 Å². The van der Waals surface area contributed by atoms with Crippen LogP contribution in [0.3, 0.4) is 0 Å². The molecule has 100 valence electrons. The number of anilines is 2. The average molecular weight is 275 g/mol. The molecule has 0 spiro atoms. The zero-order valence-corrected chi connectivity index (χ0v) is 11.7. The van der Waals surface area contributed by atoms with Gasteiger partial charge >= 0.3 is 0 Å². The second kappa shape index (κ2) is 5.63. The number of hydrogen-bond acceptors (Lipinski definition) is 6. The maximum Gasteiger partial charge on any atom is 0.229 e. The summed E-state index contributed by atoms with van der Waals surface area (Å²) in [5.41, 5.74) is 1.11. The van der Waals surface area contributed by atoms with E-state index in [9.17, 15) is 0 Å². The normalized spacial score (nSPS) is 19.3. The Morgan fingerprint density at radius 3 is 3.11 bits per heavy atom. The van der Waals surface area contributed by atoms with E-state index in [0.29, 0.717) is 11.9 Å². The number of nitrogens with one attached hydrogen (secondary N) is 2. The molecule has 2 aromatic heterocycles. The second-order valence-electron chi connectivity index (χ2n) is 4.75. The van der Waals surface area contributed by atoms with Crippen LogP contribution >= 0.6 is 11.3 Å². The fourth-order valence-corrected chi connectivity index (χ4v) is 2.93. The predicted molar refractivity (Wildman–Crippen MR) is 77.0 cm³/mol. The van der Waals surface area contributed by atoms with Crippen molar-refractivity contribution in [3.63, 3.8) is 0 Å². The molecule has 1 atom stereocenters. The van der Waals surface area contributed by atoms with Gasteiger partial charge in [-0.25, -0.2) is 15.0 Å². The van der Waals surface area contributed by atoms with E-state index in [1.165, 1.54) is 17.7 Å². The fourth-order valence-electron chi connectivity index (χ4n) is 2.27. The highest BCUT2D eigenvalue weighted by Crippen LogP contribution is 2.23. The molecule has 0 saturated carbocycles. The molecule has 19 heavy (non-hydrogen) atoms. The van der Waals surface area contributed by atoms with Crippen molar-refractivity contribution in [2.24, 2.45) is 0 Å². The first kappa shape index (κ1) is 12.5. The minimum Gasteiger partial charge on any atom is -0.316 e. The first-order valence-corrected chi connectivity index (χ1v) is 7.36. The zero-order valence-electron chi connectivity index (χ0n) is 10.9. The zero-order chi connectivity index (χ0) is 13.1. The van der Waals surface area contributed by atoms with Crippen LogP contribution in [0.25, 0.3) is 0 Å². The molecule has 1 aliphatic heterocycles. The van der Waals surface area contributed by atoms with E-state index in [4.69, 9.17) is 0 Å². The molecule has 1 fully saturated rings. The van der Waals surface area contributed by atoms with E-state index in [-0.39, 0.29) is 0 Å². The number of rotatable bonds is 3. The van der Waals surface area contributed by atoms with E-state index in [1.54, 1.807) is 11.3 Å². The van der Waals surface area contributed by atoms with Gasteiger partial charge in [-0.05, 0) is 32.4 Å². The van der Waals surface area contributed by atoms with Crippen LogP contribution in [0, 0.1) is 6.92 Å². The maximum absolute atomic E-state index is 4.61. The summed E-state index contributed by atoms with van der Waals surface area (Å²) < 4.78 is 0. The average Bonchev–Trinajstić information content (AvgIpc) is 2.85. The number of aryl methyl sites for hydroxylation is 1. The highest BCUT2D eigenvalue weighted by molar-refractivity contribution is 7.15. The fraction of sp³-hybridized carbons (Fsp3) is 0.462. The molecule has 1 aliphatic rings. The number of aromatic nitrogens is 3. The lowest BCUT2D eigenvalue weighted by atomic mass is 9.96. The second-order valence-corrected chi connectivity index (χ2v) is 5.98. The van der Waals surface area contributed by atoms with E-state index in [0.717, 1.165) is 23.9 Å². The molecule has 2 N–H and O–H groups in total. The molecule has 0 bridgehead atoms. The van der Waals surface area contributed by atoms with Crippen LogP contribution in [0.4, 0.5) is 11.1 Å². The summed E-state index contributed by atoms with van der Waals surface area (Å²) in [6, 6.07) is 2.01. The molecule has 5 nitrogen and oxygen atoms in total. The third-order valence-electron chi connectivity index (χ3n) is 3.23. The van der Waals surface area contributed by atoms with Crippen LogP contribution in [0.15, 0.2) is 18.5 Å². The molecular formula is C13H17N5S. The molecule has 1 saturated heterocycles. The van der Waals surface area contributed by atoms with Gasteiger partial charge in [-0.15, -0.1) is 11.3 Å². The van der Waals surface area contributed by atoms with Crippen LogP contribution in [-0.2, 0) is 0 Å². The van der Waals surface area contributed by atoms with Gasteiger partial charge in [0, 0.05) is 29.7 Å². The molecular weight excluding hydrogens is 258 g/mol. The number of thiazole rings is 1. The standard InChI is InChI=1S/C13H17N5S/c1-9-7-16-13(19-9)18-12-15-6-4-11(17-12)10-3-2-5-14-8-10/h4,6-7,10,14H,2-3,5,8H2,1H3,(H,15,16,17,18). The van der Waals surface area contributed by atoms with Crippen LogP contribution in [0.2, 0.25) is 0 Å². The smallest absolute Gasteiger partial charge is 0.229 e. The maximum atomic E-state index is 4.61. The van der Waals surface area contributed by atoms with Gasteiger partial charge in [-0.3, -0.25) is 0 Å². The number of hydrogen-bond donors (Lipinski definition) is 2. The monoisotopic (exact) mass is 275 g/mol. The van der Waals surface area contributed by atoms with Gasteiger partial charge in [0.2, 0.25) is 5.95 Å². The highest BCUT2D eigenvalue weighted by Gasteiger charge is 2.17. The van der Waals surface area contributed by atoms with E-state index in [1.807, 2.05) is 25.4 Å². The number of nitrogens with zero attached hydrogens (tertiary/aromatic N) is 3. The minimum absolute atomic E-state index is 0.496. The summed E-state index contributed by atoms with van der Waals surface area (Å²) in [6.45, 7) is 4.16. The van der Waals surface area contributed by atoms with Gasteiger partial charge in [0.1, 0.15) is 0 Å².